The van der Waals surface area contributed by atoms with E-state index < -0.39 is 0 Å². The third-order valence-corrected chi connectivity index (χ3v) is 3.13. The first-order valence-electron chi connectivity index (χ1n) is 4.71. The van der Waals surface area contributed by atoms with Gasteiger partial charge < -0.3 is 5.11 Å². The lowest BCUT2D eigenvalue weighted by atomic mass is 9.95. The molecule has 0 aromatic carbocycles. The van der Waals surface area contributed by atoms with Crippen LogP contribution >= 0.6 is 0 Å². The van der Waals surface area contributed by atoms with Crippen LogP contribution in [0, 0.1) is 5.92 Å². The number of nitrogens with zero attached hydrogens (tertiary/aromatic N) is 1. The molecule has 2 heterocycles. The van der Waals surface area contributed by atoms with Crippen molar-refractivity contribution in [2.24, 2.45) is 5.92 Å². The minimum atomic E-state index is -0.122. The second kappa shape index (κ2) is 2.76. The van der Waals surface area contributed by atoms with Gasteiger partial charge in [-0.15, -0.1) is 0 Å². The lowest BCUT2D eigenvalue weighted by molar-refractivity contribution is -0.00991. The number of hydrogen-bond donors (Lipinski definition) is 1. The van der Waals surface area contributed by atoms with Gasteiger partial charge in [-0.3, -0.25) is 4.90 Å². The quantitative estimate of drug-likeness (QED) is 0.568. The molecular formula is C9H17NO. The summed E-state index contributed by atoms with van der Waals surface area (Å²) >= 11 is 0. The topological polar surface area (TPSA) is 23.5 Å². The minimum absolute atomic E-state index is 0.122. The standard InChI is InChI=1S/C9H17NO/c1-7-2-3-8-4-5-9(11)10(8)6-7/h7-9,11H,2-6H2,1H3/t7-,8-,9?/m1/s1. The number of rotatable bonds is 0. The lowest BCUT2D eigenvalue weighted by Gasteiger charge is -2.35. The van der Waals surface area contributed by atoms with E-state index in [4.69, 9.17) is 0 Å². The van der Waals surface area contributed by atoms with Gasteiger partial charge in [-0.2, -0.15) is 0 Å². The maximum Gasteiger partial charge on any atom is 0.107 e. The van der Waals surface area contributed by atoms with Crippen LogP contribution in [0.5, 0.6) is 0 Å². The molecule has 2 saturated heterocycles. The smallest absolute Gasteiger partial charge is 0.107 e. The molecule has 2 aliphatic rings. The zero-order valence-corrected chi connectivity index (χ0v) is 7.16. The van der Waals surface area contributed by atoms with Crippen molar-refractivity contribution in [3.63, 3.8) is 0 Å². The number of hydrogen-bond acceptors (Lipinski definition) is 2. The van der Waals surface area contributed by atoms with Gasteiger partial charge in [0.15, 0.2) is 0 Å². The van der Waals surface area contributed by atoms with Gasteiger partial charge in [0.2, 0.25) is 0 Å². The molecule has 3 atom stereocenters. The van der Waals surface area contributed by atoms with Crippen molar-refractivity contribution in [2.45, 2.75) is 44.9 Å². The Hall–Kier alpha value is -0.0800. The third-order valence-electron chi connectivity index (χ3n) is 3.13. The van der Waals surface area contributed by atoms with Crippen molar-refractivity contribution in [3.8, 4) is 0 Å². The van der Waals surface area contributed by atoms with E-state index in [1.54, 1.807) is 0 Å². The molecule has 2 heteroatoms. The molecule has 0 bridgehead atoms. The van der Waals surface area contributed by atoms with Crippen molar-refractivity contribution in [2.75, 3.05) is 6.54 Å². The van der Waals surface area contributed by atoms with E-state index in [0.29, 0.717) is 6.04 Å². The van der Waals surface area contributed by atoms with Gasteiger partial charge in [0.05, 0.1) is 0 Å². The number of fused-ring (bicyclic) bond motifs is 1. The second-order valence-electron chi connectivity index (χ2n) is 4.09. The first kappa shape index (κ1) is 7.56. The highest BCUT2D eigenvalue weighted by molar-refractivity contribution is 4.86. The average molecular weight is 155 g/mol. The molecule has 0 aliphatic carbocycles. The molecule has 0 saturated carbocycles. The van der Waals surface area contributed by atoms with Crippen LogP contribution in [0.2, 0.25) is 0 Å². The third kappa shape index (κ3) is 1.30. The highest BCUT2D eigenvalue weighted by atomic mass is 16.3. The Morgan fingerprint density at radius 1 is 1.18 bits per heavy atom. The van der Waals surface area contributed by atoms with Crippen LogP contribution in [-0.2, 0) is 0 Å². The molecule has 2 rings (SSSR count). The summed E-state index contributed by atoms with van der Waals surface area (Å²) in [5.74, 6) is 0.791. The molecule has 1 N–H and O–H groups in total. The van der Waals surface area contributed by atoms with E-state index in [1.807, 2.05) is 0 Å². The fraction of sp³-hybridized carbons (Fsp3) is 1.00. The van der Waals surface area contributed by atoms with Gasteiger partial charge in [-0.05, 0) is 31.6 Å². The highest BCUT2D eigenvalue weighted by Gasteiger charge is 2.35. The summed E-state index contributed by atoms with van der Waals surface area (Å²) in [5, 5.41) is 9.57. The van der Waals surface area contributed by atoms with E-state index in [2.05, 4.69) is 11.8 Å². The molecule has 64 valence electrons. The minimum Gasteiger partial charge on any atom is -0.378 e. The summed E-state index contributed by atoms with van der Waals surface area (Å²) in [6.07, 6.45) is 4.75. The first-order valence-corrected chi connectivity index (χ1v) is 4.71. The Kier molecular flexibility index (Phi) is 1.90. The van der Waals surface area contributed by atoms with Crippen LogP contribution in [0.15, 0.2) is 0 Å². The molecule has 2 nitrogen and oxygen atoms in total. The largest absolute Gasteiger partial charge is 0.378 e. The predicted molar refractivity (Wildman–Crippen MR) is 44.1 cm³/mol. The number of aliphatic hydroxyl groups excluding tert-OH is 1. The van der Waals surface area contributed by atoms with Crippen molar-refractivity contribution < 1.29 is 5.11 Å². The number of piperidine rings is 1. The zero-order chi connectivity index (χ0) is 7.84. The van der Waals surface area contributed by atoms with Gasteiger partial charge in [-0.25, -0.2) is 0 Å². The van der Waals surface area contributed by atoms with Crippen LogP contribution in [0.3, 0.4) is 0 Å². The van der Waals surface area contributed by atoms with Crippen molar-refractivity contribution in [1.82, 2.24) is 4.90 Å². The van der Waals surface area contributed by atoms with Gasteiger partial charge in [0.25, 0.3) is 0 Å². The molecule has 1 unspecified atom stereocenters. The van der Waals surface area contributed by atoms with Gasteiger partial charge in [0.1, 0.15) is 6.23 Å². The molecule has 0 aromatic rings. The Bertz CT molecular complexity index is 148. The van der Waals surface area contributed by atoms with E-state index >= 15 is 0 Å². The summed E-state index contributed by atoms with van der Waals surface area (Å²) in [7, 11) is 0. The van der Waals surface area contributed by atoms with Crippen LogP contribution < -0.4 is 0 Å². The van der Waals surface area contributed by atoms with Crippen LogP contribution in [0.4, 0.5) is 0 Å². The summed E-state index contributed by atoms with van der Waals surface area (Å²) < 4.78 is 0. The molecule has 0 spiro atoms. The summed E-state index contributed by atoms with van der Waals surface area (Å²) in [6.45, 7) is 3.40. The molecule has 0 aromatic heterocycles. The van der Waals surface area contributed by atoms with E-state index in [-0.39, 0.29) is 6.23 Å². The van der Waals surface area contributed by atoms with Crippen molar-refractivity contribution in [1.29, 1.82) is 0 Å². The van der Waals surface area contributed by atoms with Crippen molar-refractivity contribution in [3.05, 3.63) is 0 Å². The van der Waals surface area contributed by atoms with Crippen LogP contribution in [-0.4, -0.2) is 28.8 Å². The highest BCUT2D eigenvalue weighted by Crippen LogP contribution is 2.32. The molecule has 2 aliphatic heterocycles. The Balaban J connectivity index is 2.01. The van der Waals surface area contributed by atoms with E-state index in [0.717, 1.165) is 18.9 Å². The summed E-state index contributed by atoms with van der Waals surface area (Å²) in [4.78, 5) is 2.29. The molecule has 2 fully saturated rings. The van der Waals surface area contributed by atoms with Gasteiger partial charge >= 0.3 is 0 Å². The summed E-state index contributed by atoms with van der Waals surface area (Å²) in [5.41, 5.74) is 0. The van der Waals surface area contributed by atoms with Gasteiger partial charge in [0, 0.05) is 12.6 Å². The average Bonchev–Trinajstić information content (AvgIpc) is 2.33. The van der Waals surface area contributed by atoms with E-state index in [1.165, 1.54) is 19.3 Å². The fourth-order valence-corrected chi connectivity index (χ4v) is 2.43. The zero-order valence-electron chi connectivity index (χ0n) is 7.16. The molecule has 11 heavy (non-hydrogen) atoms. The monoisotopic (exact) mass is 155 g/mol. The molecular weight excluding hydrogens is 138 g/mol. The first-order chi connectivity index (χ1) is 5.27. The predicted octanol–water partition coefficient (Wildman–Crippen LogP) is 1.20. The Morgan fingerprint density at radius 2 is 1.91 bits per heavy atom. The number of aliphatic hydroxyl groups is 1. The lowest BCUT2D eigenvalue weighted by Crippen LogP contribution is -2.42. The van der Waals surface area contributed by atoms with Crippen LogP contribution in [0.25, 0.3) is 0 Å². The van der Waals surface area contributed by atoms with Crippen LogP contribution in [0.1, 0.15) is 32.6 Å². The summed E-state index contributed by atoms with van der Waals surface area (Å²) in [6, 6.07) is 0.709. The van der Waals surface area contributed by atoms with Crippen molar-refractivity contribution >= 4 is 0 Å². The Morgan fingerprint density at radius 3 is 2.73 bits per heavy atom. The normalized spacial score (nSPS) is 45.8. The molecule has 0 amide bonds. The van der Waals surface area contributed by atoms with E-state index in [9.17, 15) is 5.11 Å². The molecule has 0 radical (unpaired) electrons. The fourth-order valence-electron chi connectivity index (χ4n) is 2.43. The maximum absolute atomic E-state index is 9.57. The Labute approximate surface area is 68.2 Å². The second-order valence-corrected chi connectivity index (χ2v) is 4.09. The maximum atomic E-state index is 9.57. The van der Waals surface area contributed by atoms with Gasteiger partial charge in [-0.1, -0.05) is 6.92 Å². The SMILES string of the molecule is C[C@@H]1CC[C@@H]2CCC(O)N2C1.